The fraction of sp³-hybridized carbons (Fsp3) is 0.450. The summed E-state index contributed by atoms with van der Waals surface area (Å²) in [5, 5.41) is 6.28. The topological polar surface area (TPSA) is 76.1 Å². The lowest BCUT2D eigenvalue weighted by Crippen LogP contribution is -2.20. The van der Waals surface area contributed by atoms with Crippen molar-refractivity contribution >= 4 is 17.4 Å². The number of nitrogens with one attached hydrogen (secondary N) is 2. The summed E-state index contributed by atoms with van der Waals surface area (Å²) in [5.74, 6) is 1.46. The summed E-state index contributed by atoms with van der Waals surface area (Å²) >= 11 is 0. The van der Waals surface area contributed by atoms with E-state index in [2.05, 4.69) is 20.6 Å². The van der Waals surface area contributed by atoms with Crippen molar-refractivity contribution in [1.29, 1.82) is 0 Å². The number of aromatic nitrogens is 2. The Morgan fingerprint density at radius 3 is 2.85 bits per heavy atom. The molecule has 3 rings (SSSR count). The van der Waals surface area contributed by atoms with E-state index >= 15 is 0 Å². The maximum atomic E-state index is 12.3. The van der Waals surface area contributed by atoms with Crippen LogP contribution in [0, 0.1) is 5.92 Å². The number of amides is 1. The van der Waals surface area contributed by atoms with Crippen molar-refractivity contribution in [2.24, 2.45) is 5.92 Å². The van der Waals surface area contributed by atoms with Crippen LogP contribution in [0.1, 0.15) is 45.1 Å². The first kappa shape index (κ1) is 18.2. The van der Waals surface area contributed by atoms with Gasteiger partial charge in [-0.25, -0.2) is 0 Å². The first-order valence-electron chi connectivity index (χ1n) is 9.22. The number of benzene rings is 1. The fourth-order valence-electron chi connectivity index (χ4n) is 3.12. The normalized spacial score (nSPS) is 14.4. The van der Waals surface area contributed by atoms with Gasteiger partial charge in [-0.15, -0.1) is 0 Å². The van der Waals surface area contributed by atoms with Gasteiger partial charge in [0.1, 0.15) is 5.82 Å². The standard InChI is InChI=1S/C20H26N4O2/c1-14(2)26-19-13-21-12-18(24-19)22-11-15-6-5-9-17(10-15)23-20(25)16-7-3-4-8-16/h5-6,9-10,12-14,16H,3-4,7-8,11H2,1-2H3,(H,22,24)(H,23,25). The molecule has 0 bridgehead atoms. The number of carbonyl (C=O) groups is 1. The van der Waals surface area contributed by atoms with E-state index in [9.17, 15) is 4.79 Å². The lowest BCUT2D eigenvalue weighted by molar-refractivity contribution is -0.119. The molecule has 1 aliphatic carbocycles. The second-order valence-corrected chi connectivity index (χ2v) is 6.93. The molecule has 1 aromatic carbocycles. The number of ether oxygens (including phenoxy) is 1. The maximum absolute atomic E-state index is 12.3. The van der Waals surface area contributed by atoms with Crippen molar-refractivity contribution in [2.75, 3.05) is 10.6 Å². The largest absolute Gasteiger partial charge is 0.474 e. The molecule has 0 spiro atoms. The van der Waals surface area contributed by atoms with Gasteiger partial charge in [-0.05, 0) is 44.4 Å². The quantitative estimate of drug-likeness (QED) is 0.786. The molecule has 138 valence electrons. The van der Waals surface area contributed by atoms with Gasteiger partial charge in [-0.3, -0.25) is 9.78 Å². The van der Waals surface area contributed by atoms with Gasteiger partial charge >= 0.3 is 0 Å². The molecule has 1 aliphatic rings. The highest BCUT2D eigenvalue weighted by molar-refractivity contribution is 5.92. The monoisotopic (exact) mass is 354 g/mol. The van der Waals surface area contributed by atoms with Crippen molar-refractivity contribution in [2.45, 2.75) is 52.2 Å². The molecule has 0 aliphatic heterocycles. The van der Waals surface area contributed by atoms with Gasteiger partial charge in [-0.1, -0.05) is 25.0 Å². The highest BCUT2D eigenvalue weighted by atomic mass is 16.5. The van der Waals surface area contributed by atoms with E-state index < -0.39 is 0 Å². The van der Waals surface area contributed by atoms with Gasteiger partial charge in [0.2, 0.25) is 11.8 Å². The average molecular weight is 354 g/mol. The molecule has 2 aromatic rings. The highest BCUT2D eigenvalue weighted by Crippen LogP contribution is 2.26. The van der Waals surface area contributed by atoms with E-state index in [0.717, 1.165) is 36.9 Å². The van der Waals surface area contributed by atoms with E-state index in [1.165, 1.54) is 0 Å². The maximum Gasteiger partial charge on any atom is 0.234 e. The second-order valence-electron chi connectivity index (χ2n) is 6.93. The van der Waals surface area contributed by atoms with E-state index in [1.807, 2.05) is 38.1 Å². The fourth-order valence-corrected chi connectivity index (χ4v) is 3.12. The molecule has 6 nitrogen and oxygen atoms in total. The second kappa shape index (κ2) is 8.65. The number of hydrogen-bond donors (Lipinski definition) is 2. The summed E-state index contributed by atoms with van der Waals surface area (Å²) in [6, 6.07) is 7.88. The molecule has 0 saturated heterocycles. The third kappa shape index (κ3) is 5.18. The first-order chi connectivity index (χ1) is 12.6. The van der Waals surface area contributed by atoms with Crippen LogP contribution < -0.4 is 15.4 Å². The lowest BCUT2D eigenvalue weighted by atomic mass is 10.1. The van der Waals surface area contributed by atoms with Gasteiger partial charge in [0.25, 0.3) is 0 Å². The van der Waals surface area contributed by atoms with Gasteiger partial charge in [0, 0.05) is 18.2 Å². The minimum Gasteiger partial charge on any atom is -0.474 e. The minimum absolute atomic E-state index is 0.0553. The summed E-state index contributed by atoms with van der Waals surface area (Å²) in [4.78, 5) is 20.8. The van der Waals surface area contributed by atoms with Crippen LogP contribution in [0.4, 0.5) is 11.5 Å². The van der Waals surface area contributed by atoms with Crippen molar-refractivity contribution in [3.63, 3.8) is 0 Å². The Bertz CT molecular complexity index is 742. The van der Waals surface area contributed by atoms with Crippen molar-refractivity contribution < 1.29 is 9.53 Å². The molecular weight excluding hydrogens is 328 g/mol. The zero-order valence-electron chi connectivity index (χ0n) is 15.4. The predicted molar refractivity (Wildman–Crippen MR) is 102 cm³/mol. The number of rotatable bonds is 7. The number of anilines is 2. The Hall–Kier alpha value is -2.63. The molecule has 0 unspecified atom stereocenters. The zero-order chi connectivity index (χ0) is 18.4. The van der Waals surface area contributed by atoms with Crippen LogP contribution in [-0.4, -0.2) is 22.0 Å². The van der Waals surface area contributed by atoms with Gasteiger partial charge in [0.15, 0.2) is 0 Å². The van der Waals surface area contributed by atoms with Crippen LogP contribution in [0.3, 0.4) is 0 Å². The van der Waals surface area contributed by atoms with Crippen LogP contribution in [0.5, 0.6) is 5.88 Å². The molecular formula is C20H26N4O2. The molecule has 1 fully saturated rings. The van der Waals surface area contributed by atoms with Crippen LogP contribution >= 0.6 is 0 Å². The molecule has 1 saturated carbocycles. The van der Waals surface area contributed by atoms with E-state index in [-0.39, 0.29) is 17.9 Å². The average Bonchev–Trinajstić information content (AvgIpc) is 3.15. The summed E-state index contributed by atoms with van der Waals surface area (Å²) in [6.07, 6.45) is 7.63. The van der Waals surface area contributed by atoms with E-state index in [4.69, 9.17) is 4.74 Å². The molecule has 6 heteroatoms. The Balaban J connectivity index is 1.57. The summed E-state index contributed by atoms with van der Waals surface area (Å²) in [5.41, 5.74) is 1.90. The minimum atomic E-state index is 0.0553. The SMILES string of the molecule is CC(C)Oc1cncc(NCc2cccc(NC(=O)C3CCCC3)c2)n1. The molecule has 1 amide bonds. The van der Waals surface area contributed by atoms with Crippen LogP contribution in [-0.2, 0) is 11.3 Å². The van der Waals surface area contributed by atoms with Crippen LogP contribution in [0.15, 0.2) is 36.7 Å². The summed E-state index contributed by atoms with van der Waals surface area (Å²) in [6.45, 7) is 4.49. The predicted octanol–water partition coefficient (Wildman–Crippen LogP) is 4.00. The van der Waals surface area contributed by atoms with Gasteiger partial charge < -0.3 is 15.4 Å². The van der Waals surface area contributed by atoms with Gasteiger partial charge in [0.05, 0.1) is 18.5 Å². The molecule has 1 heterocycles. The van der Waals surface area contributed by atoms with E-state index in [0.29, 0.717) is 18.2 Å². The Morgan fingerprint density at radius 2 is 2.08 bits per heavy atom. The molecule has 26 heavy (non-hydrogen) atoms. The van der Waals surface area contributed by atoms with Crippen molar-refractivity contribution in [3.05, 3.63) is 42.2 Å². The molecule has 1 aromatic heterocycles. The third-order valence-corrected chi connectivity index (χ3v) is 4.36. The Morgan fingerprint density at radius 1 is 1.27 bits per heavy atom. The smallest absolute Gasteiger partial charge is 0.234 e. The van der Waals surface area contributed by atoms with Crippen LogP contribution in [0.2, 0.25) is 0 Å². The molecule has 0 radical (unpaired) electrons. The molecule has 2 N–H and O–H groups in total. The number of carbonyl (C=O) groups excluding carboxylic acids is 1. The summed E-state index contributed by atoms with van der Waals surface area (Å²) in [7, 11) is 0. The zero-order valence-corrected chi connectivity index (χ0v) is 15.4. The highest BCUT2D eigenvalue weighted by Gasteiger charge is 2.22. The van der Waals surface area contributed by atoms with Gasteiger partial charge in [-0.2, -0.15) is 4.98 Å². The number of hydrogen-bond acceptors (Lipinski definition) is 5. The van der Waals surface area contributed by atoms with Crippen molar-refractivity contribution in [1.82, 2.24) is 9.97 Å². The summed E-state index contributed by atoms with van der Waals surface area (Å²) < 4.78 is 5.56. The Labute approximate surface area is 154 Å². The Kier molecular flexibility index (Phi) is 6.04. The van der Waals surface area contributed by atoms with E-state index in [1.54, 1.807) is 12.4 Å². The lowest BCUT2D eigenvalue weighted by Gasteiger charge is -2.12. The van der Waals surface area contributed by atoms with Crippen LogP contribution in [0.25, 0.3) is 0 Å². The molecule has 0 atom stereocenters. The third-order valence-electron chi connectivity index (χ3n) is 4.36. The number of nitrogens with zero attached hydrogens (tertiary/aromatic N) is 2. The van der Waals surface area contributed by atoms with Crippen molar-refractivity contribution in [3.8, 4) is 5.88 Å². The first-order valence-corrected chi connectivity index (χ1v) is 9.22.